The fourth-order valence-electron chi connectivity index (χ4n) is 5.16. The Morgan fingerprint density at radius 1 is 0.659 bits per heavy atom. The number of hydrogen-bond donors (Lipinski definition) is 1. The molecule has 2 heterocycles. The molecule has 2 aromatic heterocycles. The summed E-state index contributed by atoms with van der Waals surface area (Å²) in [6, 6.07) is 45.2. The van der Waals surface area contributed by atoms with Gasteiger partial charge >= 0.3 is 0 Å². The van der Waals surface area contributed by atoms with Crippen LogP contribution in [0.5, 0.6) is 5.75 Å². The van der Waals surface area contributed by atoms with Crippen molar-refractivity contribution in [3.05, 3.63) is 149 Å². The molecule has 0 aliphatic rings. The number of fused-ring (bicyclic) bond motifs is 1. The zero-order valence-corrected chi connectivity index (χ0v) is 24.9. The van der Waals surface area contributed by atoms with Crippen LogP contribution in [-0.2, 0) is 6.54 Å². The van der Waals surface area contributed by atoms with E-state index >= 15 is 0 Å². The van der Waals surface area contributed by atoms with E-state index in [2.05, 4.69) is 76.0 Å². The standard InChI is InChI=1S/C37H29N5OS/c1-43-31-22-20-28(21-23-31)27-16-18-29(19-17-27)34-25-44-37(42(34)24-26-10-4-2-5-11-26)41-40-36-35(30-12-6-3-7-13-30)38-32-14-8-9-15-33(32)39-36/h2-23,25H,24H2,1H3,(H,39,40)/b41-37-. The molecule has 7 rings (SSSR count). The van der Waals surface area contributed by atoms with Crippen LogP contribution in [0.1, 0.15) is 5.56 Å². The lowest BCUT2D eigenvalue weighted by atomic mass is 10.0. The molecule has 0 radical (unpaired) electrons. The molecule has 5 aromatic carbocycles. The predicted molar refractivity (Wildman–Crippen MR) is 179 cm³/mol. The van der Waals surface area contributed by atoms with E-state index in [1.807, 2.05) is 72.8 Å². The summed E-state index contributed by atoms with van der Waals surface area (Å²) >= 11 is 1.59. The normalized spacial score (nSPS) is 11.5. The second kappa shape index (κ2) is 12.4. The van der Waals surface area contributed by atoms with Crippen molar-refractivity contribution in [3.8, 4) is 39.4 Å². The maximum atomic E-state index is 5.32. The first-order valence-corrected chi connectivity index (χ1v) is 15.2. The second-order valence-electron chi connectivity index (χ2n) is 10.3. The molecule has 0 atom stereocenters. The third kappa shape index (κ3) is 5.73. The molecular weight excluding hydrogens is 563 g/mol. The molecule has 214 valence electrons. The number of rotatable bonds is 8. The molecule has 44 heavy (non-hydrogen) atoms. The summed E-state index contributed by atoms with van der Waals surface area (Å²) in [6.07, 6.45) is 0. The van der Waals surface area contributed by atoms with Crippen LogP contribution in [0.3, 0.4) is 0 Å². The molecule has 0 unspecified atom stereocenters. The van der Waals surface area contributed by atoms with E-state index < -0.39 is 0 Å². The Balaban J connectivity index is 1.28. The van der Waals surface area contributed by atoms with E-state index in [0.717, 1.165) is 55.2 Å². The number of nitrogens with zero attached hydrogens (tertiary/aromatic N) is 4. The van der Waals surface area contributed by atoms with Gasteiger partial charge in [-0.1, -0.05) is 109 Å². The van der Waals surface area contributed by atoms with Crippen molar-refractivity contribution >= 4 is 28.2 Å². The van der Waals surface area contributed by atoms with Crippen LogP contribution < -0.4 is 15.0 Å². The van der Waals surface area contributed by atoms with Crippen molar-refractivity contribution in [2.45, 2.75) is 6.54 Å². The van der Waals surface area contributed by atoms with Crippen molar-refractivity contribution in [2.75, 3.05) is 12.5 Å². The Bertz CT molecular complexity index is 2090. The lowest BCUT2D eigenvalue weighted by Crippen LogP contribution is -2.19. The zero-order chi connectivity index (χ0) is 29.7. The van der Waals surface area contributed by atoms with Crippen LogP contribution in [0.25, 0.3) is 44.7 Å². The smallest absolute Gasteiger partial charge is 0.209 e. The van der Waals surface area contributed by atoms with Crippen molar-refractivity contribution in [2.24, 2.45) is 5.10 Å². The van der Waals surface area contributed by atoms with Crippen molar-refractivity contribution in [1.82, 2.24) is 14.5 Å². The molecule has 0 bridgehead atoms. The van der Waals surface area contributed by atoms with Gasteiger partial charge in [-0.25, -0.2) is 9.97 Å². The Hall–Kier alpha value is -5.53. The van der Waals surface area contributed by atoms with Gasteiger partial charge < -0.3 is 9.30 Å². The number of ether oxygens (including phenoxy) is 1. The van der Waals surface area contributed by atoms with E-state index in [1.165, 1.54) is 5.56 Å². The van der Waals surface area contributed by atoms with Crippen LogP contribution in [-0.4, -0.2) is 21.6 Å². The molecule has 0 fully saturated rings. The summed E-state index contributed by atoms with van der Waals surface area (Å²) in [4.78, 5) is 10.7. The first kappa shape index (κ1) is 27.3. The number of methoxy groups -OCH3 is 1. The van der Waals surface area contributed by atoms with Gasteiger partial charge in [0.05, 0.1) is 30.4 Å². The second-order valence-corrected chi connectivity index (χ2v) is 11.1. The third-order valence-electron chi connectivity index (χ3n) is 7.46. The van der Waals surface area contributed by atoms with Crippen molar-refractivity contribution < 1.29 is 4.74 Å². The molecule has 0 spiro atoms. The van der Waals surface area contributed by atoms with Crippen LogP contribution in [0.15, 0.2) is 144 Å². The average Bonchev–Trinajstić information content (AvgIpc) is 3.49. The number of thiazole rings is 1. The van der Waals surface area contributed by atoms with Crippen LogP contribution >= 0.6 is 11.3 Å². The minimum absolute atomic E-state index is 0.611. The molecule has 0 saturated carbocycles. The highest BCUT2D eigenvalue weighted by Gasteiger charge is 2.13. The highest BCUT2D eigenvalue weighted by Crippen LogP contribution is 2.29. The number of benzene rings is 5. The van der Waals surface area contributed by atoms with Gasteiger partial charge in [-0.05, 0) is 46.5 Å². The first-order chi connectivity index (χ1) is 21.7. The van der Waals surface area contributed by atoms with Gasteiger partial charge in [0, 0.05) is 10.9 Å². The lowest BCUT2D eigenvalue weighted by molar-refractivity contribution is 0.415. The van der Waals surface area contributed by atoms with Gasteiger partial charge in [-0.2, -0.15) is 0 Å². The molecule has 1 N–H and O–H groups in total. The summed E-state index contributed by atoms with van der Waals surface area (Å²) in [7, 11) is 1.68. The average molecular weight is 592 g/mol. The molecule has 6 nitrogen and oxygen atoms in total. The topological polar surface area (TPSA) is 64.3 Å². The van der Waals surface area contributed by atoms with Crippen molar-refractivity contribution in [1.29, 1.82) is 0 Å². The summed E-state index contributed by atoms with van der Waals surface area (Å²) in [5, 5.41) is 7.07. The highest BCUT2D eigenvalue weighted by atomic mass is 32.1. The van der Waals surface area contributed by atoms with E-state index in [9.17, 15) is 0 Å². The summed E-state index contributed by atoms with van der Waals surface area (Å²) < 4.78 is 7.56. The Kier molecular flexibility index (Phi) is 7.68. The Morgan fingerprint density at radius 3 is 1.93 bits per heavy atom. The van der Waals surface area contributed by atoms with Gasteiger partial charge in [-0.3, -0.25) is 5.43 Å². The number of anilines is 1. The summed E-state index contributed by atoms with van der Waals surface area (Å²) in [5.74, 6) is 1.46. The van der Waals surface area contributed by atoms with Crippen LogP contribution in [0, 0.1) is 0 Å². The van der Waals surface area contributed by atoms with E-state index in [1.54, 1.807) is 18.4 Å². The monoisotopic (exact) mass is 591 g/mol. The van der Waals surface area contributed by atoms with Crippen LogP contribution in [0.4, 0.5) is 5.82 Å². The highest BCUT2D eigenvalue weighted by molar-refractivity contribution is 7.07. The van der Waals surface area contributed by atoms with Crippen LogP contribution in [0.2, 0.25) is 0 Å². The van der Waals surface area contributed by atoms with Gasteiger partial charge in [0.25, 0.3) is 0 Å². The molecule has 7 aromatic rings. The SMILES string of the molecule is COc1ccc(-c2ccc(-c3cs/c(=N\Nc4nc5ccccc5nc4-c4ccccc4)n3Cc3ccccc3)cc2)cc1. The molecule has 7 heteroatoms. The lowest BCUT2D eigenvalue weighted by Gasteiger charge is -2.12. The number of para-hydroxylation sites is 2. The number of nitrogens with one attached hydrogen (secondary N) is 1. The van der Waals surface area contributed by atoms with Gasteiger partial charge in [-0.15, -0.1) is 16.4 Å². The summed E-state index contributed by atoms with van der Waals surface area (Å²) in [6.45, 7) is 0.676. The van der Waals surface area contributed by atoms with Gasteiger partial charge in [0.1, 0.15) is 11.4 Å². The maximum Gasteiger partial charge on any atom is 0.209 e. The van der Waals surface area contributed by atoms with E-state index in [-0.39, 0.29) is 0 Å². The van der Waals surface area contributed by atoms with Gasteiger partial charge in [0.2, 0.25) is 4.80 Å². The maximum absolute atomic E-state index is 5.32. The Morgan fingerprint density at radius 2 is 1.25 bits per heavy atom. The minimum Gasteiger partial charge on any atom is -0.497 e. The largest absolute Gasteiger partial charge is 0.497 e. The first-order valence-electron chi connectivity index (χ1n) is 14.3. The van der Waals surface area contributed by atoms with Gasteiger partial charge in [0.15, 0.2) is 5.82 Å². The predicted octanol–water partition coefficient (Wildman–Crippen LogP) is 8.48. The quantitative estimate of drug-likeness (QED) is 0.180. The van der Waals surface area contributed by atoms with E-state index in [4.69, 9.17) is 19.8 Å². The fraction of sp³-hybridized carbons (Fsp3) is 0.0541. The summed E-state index contributed by atoms with van der Waals surface area (Å²) in [5.41, 5.74) is 12.4. The fourth-order valence-corrected chi connectivity index (χ4v) is 6.03. The third-order valence-corrected chi connectivity index (χ3v) is 8.32. The van der Waals surface area contributed by atoms with Crippen molar-refractivity contribution in [3.63, 3.8) is 0 Å². The molecular formula is C37H29N5OS. The number of hydrogen-bond acceptors (Lipinski definition) is 6. The van der Waals surface area contributed by atoms with E-state index in [0.29, 0.717) is 12.4 Å². The molecule has 0 amide bonds. The minimum atomic E-state index is 0.611. The molecule has 0 saturated heterocycles. The molecule has 0 aliphatic heterocycles. The molecule has 0 aliphatic carbocycles. The Labute approximate surface area is 259 Å². The zero-order valence-electron chi connectivity index (χ0n) is 24.1. The number of aromatic nitrogens is 3.